The molecule has 1 aromatic rings. The number of unbranched alkanes of at least 4 members (excludes halogenated alkanes) is 1. The third-order valence-electron chi connectivity index (χ3n) is 4.25. The molecule has 1 saturated heterocycles. The van der Waals surface area contributed by atoms with Crippen LogP contribution in [0, 0.1) is 0 Å². The topological polar surface area (TPSA) is 86.8 Å². The Balaban J connectivity index is 1.76. The molecule has 1 N–H and O–H groups in total. The van der Waals surface area contributed by atoms with Gasteiger partial charge in [-0.25, -0.2) is 21.6 Å². The van der Waals surface area contributed by atoms with Gasteiger partial charge in [0.1, 0.15) is 0 Å². The molecule has 0 aromatic heterocycles. The Bertz CT molecular complexity index is 728. The van der Waals surface area contributed by atoms with E-state index in [1.807, 2.05) is 6.92 Å². The van der Waals surface area contributed by atoms with Crippen molar-refractivity contribution in [1.29, 1.82) is 0 Å². The molecule has 0 unspecified atom stereocenters. The van der Waals surface area contributed by atoms with Gasteiger partial charge in [-0.05, 0) is 18.6 Å². The van der Waals surface area contributed by atoms with E-state index in [2.05, 4.69) is 9.62 Å². The van der Waals surface area contributed by atoms with E-state index < -0.39 is 20.0 Å². The maximum absolute atomic E-state index is 12.2. The van der Waals surface area contributed by atoms with Crippen molar-refractivity contribution in [1.82, 2.24) is 13.9 Å². The summed E-state index contributed by atoms with van der Waals surface area (Å²) in [5.74, 6) is 0.209. The molecule has 9 heteroatoms. The minimum Gasteiger partial charge on any atom is -0.299 e. The van der Waals surface area contributed by atoms with E-state index in [0.29, 0.717) is 45.7 Å². The van der Waals surface area contributed by atoms with Crippen LogP contribution in [0.4, 0.5) is 0 Å². The fourth-order valence-corrected chi connectivity index (χ4v) is 5.38. The molecule has 0 amide bonds. The van der Waals surface area contributed by atoms with Crippen LogP contribution in [0.25, 0.3) is 0 Å². The van der Waals surface area contributed by atoms with Crippen molar-refractivity contribution >= 4 is 20.0 Å². The van der Waals surface area contributed by atoms with Crippen LogP contribution >= 0.6 is 0 Å². The fourth-order valence-electron chi connectivity index (χ4n) is 2.71. The lowest BCUT2D eigenvalue weighted by Crippen LogP contribution is -2.50. The number of sulfonamides is 2. The van der Waals surface area contributed by atoms with E-state index in [1.165, 1.54) is 0 Å². The molecule has 0 bridgehead atoms. The van der Waals surface area contributed by atoms with E-state index in [1.54, 1.807) is 34.6 Å². The van der Waals surface area contributed by atoms with Crippen molar-refractivity contribution in [3.63, 3.8) is 0 Å². The van der Waals surface area contributed by atoms with Gasteiger partial charge in [-0.3, -0.25) is 4.90 Å². The Morgan fingerprint density at radius 2 is 1.64 bits per heavy atom. The molecule has 1 heterocycles. The molecule has 0 radical (unpaired) electrons. The first-order valence-corrected chi connectivity index (χ1v) is 11.7. The van der Waals surface area contributed by atoms with Crippen molar-refractivity contribution < 1.29 is 16.8 Å². The van der Waals surface area contributed by atoms with Gasteiger partial charge < -0.3 is 0 Å². The Kier molecular flexibility index (Phi) is 7.38. The van der Waals surface area contributed by atoms with Crippen LogP contribution < -0.4 is 4.72 Å². The summed E-state index contributed by atoms with van der Waals surface area (Å²) in [5, 5.41) is 0. The summed E-state index contributed by atoms with van der Waals surface area (Å²) in [6, 6.07) is 8.26. The van der Waals surface area contributed by atoms with Crippen LogP contribution in [-0.4, -0.2) is 71.1 Å². The summed E-state index contributed by atoms with van der Waals surface area (Å²) in [4.78, 5) is 2.33. The summed E-state index contributed by atoms with van der Waals surface area (Å²) in [5.41, 5.74) is 0. The van der Waals surface area contributed by atoms with Gasteiger partial charge in [0.05, 0.1) is 10.6 Å². The highest BCUT2D eigenvalue weighted by Crippen LogP contribution is 2.10. The lowest BCUT2D eigenvalue weighted by atomic mass is 10.3. The molecule has 0 aliphatic carbocycles. The van der Waals surface area contributed by atoms with Gasteiger partial charge in [0.15, 0.2) is 0 Å². The second-order valence-corrected chi connectivity index (χ2v) is 9.98. The predicted molar refractivity (Wildman–Crippen MR) is 98.3 cm³/mol. The second-order valence-electron chi connectivity index (χ2n) is 6.12. The normalized spacial score (nSPS) is 17.6. The molecule has 25 heavy (non-hydrogen) atoms. The summed E-state index contributed by atoms with van der Waals surface area (Å²) in [6.45, 7) is 5.03. The fraction of sp³-hybridized carbons (Fsp3) is 0.625. The standard InChI is InChI=1S/C16H27N3O4S2/c1-2-3-15-24(20,21)19-13-11-18(12-14-19)10-9-17-25(22,23)16-7-5-4-6-8-16/h4-8,17H,2-3,9-15H2,1H3. The zero-order chi connectivity index (χ0) is 18.3. The van der Waals surface area contributed by atoms with Crippen LogP contribution in [-0.2, 0) is 20.0 Å². The Morgan fingerprint density at radius 3 is 2.24 bits per heavy atom. The number of hydrogen-bond acceptors (Lipinski definition) is 5. The third kappa shape index (κ3) is 6.03. The number of nitrogens with zero attached hydrogens (tertiary/aromatic N) is 2. The summed E-state index contributed by atoms with van der Waals surface area (Å²) in [6.07, 6.45) is 1.55. The molecule has 0 atom stereocenters. The number of nitrogens with one attached hydrogen (secondary N) is 1. The van der Waals surface area contributed by atoms with Crippen LogP contribution in [0.1, 0.15) is 19.8 Å². The predicted octanol–water partition coefficient (Wildman–Crippen LogP) is 0.712. The average molecular weight is 390 g/mol. The molecule has 1 aliphatic rings. The molecular weight excluding hydrogens is 362 g/mol. The van der Waals surface area contributed by atoms with E-state index in [4.69, 9.17) is 0 Å². The lowest BCUT2D eigenvalue weighted by molar-refractivity contribution is 0.191. The molecule has 1 fully saturated rings. The summed E-state index contributed by atoms with van der Waals surface area (Å²) < 4.78 is 52.8. The Morgan fingerprint density at radius 1 is 1.00 bits per heavy atom. The minimum atomic E-state index is -3.49. The second kappa shape index (κ2) is 9.09. The highest BCUT2D eigenvalue weighted by atomic mass is 32.2. The number of hydrogen-bond donors (Lipinski definition) is 1. The van der Waals surface area contributed by atoms with Gasteiger partial charge in [-0.15, -0.1) is 0 Å². The summed E-state index contributed by atoms with van der Waals surface area (Å²) in [7, 11) is -6.64. The Labute approximate surface area is 151 Å². The highest BCUT2D eigenvalue weighted by Gasteiger charge is 2.26. The van der Waals surface area contributed by atoms with Gasteiger partial charge in [0, 0.05) is 39.3 Å². The lowest BCUT2D eigenvalue weighted by Gasteiger charge is -2.34. The van der Waals surface area contributed by atoms with Crippen molar-refractivity contribution in [3.05, 3.63) is 30.3 Å². The van der Waals surface area contributed by atoms with Gasteiger partial charge in [0.2, 0.25) is 20.0 Å². The van der Waals surface area contributed by atoms with Crippen molar-refractivity contribution in [3.8, 4) is 0 Å². The van der Waals surface area contributed by atoms with Crippen molar-refractivity contribution in [2.45, 2.75) is 24.7 Å². The van der Waals surface area contributed by atoms with E-state index in [0.717, 1.165) is 6.42 Å². The number of benzene rings is 1. The number of piperazine rings is 1. The number of rotatable bonds is 9. The zero-order valence-corrected chi connectivity index (χ0v) is 16.2. The minimum absolute atomic E-state index is 0.209. The molecule has 0 spiro atoms. The quantitative estimate of drug-likeness (QED) is 0.672. The third-order valence-corrected chi connectivity index (χ3v) is 7.69. The van der Waals surface area contributed by atoms with Crippen molar-refractivity contribution in [2.75, 3.05) is 45.0 Å². The van der Waals surface area contributed by atoms with Gasteiger partial charge in [-0.2, -0.15) is 4.31 Å². The molecule has 0 saturated carbocycles. The van der Waals surface area contributed by atoms with Crippen molar-refractivity contribution in [2.24, 2.45) is 0 Å². The average Bonchev–Trinajstić information content (AvgIpc) is 2.61. The van der Waals surface area contributed by atoms with Gasteiger partial charge in [-0.1, -0.05) is 31.5 Å². The smallest absolute Gasteiger partial charge is 0.240 e. The van der Waals surface area contributed by atoms with Crippen LogP contribution in [0.2, 0.25) is 0 Å². The molecule has 2 rings (SSSR count). The van der Waals surface area contributed by atoms with E-state index in [-0.39, 0.29) is 10.6 Å². The largest absolute Gasteiger partial charge is 0.299 e. The van der Waals surface area contributed by atoms with Gasteiger partial charge in [0.25, 0.3) is 0 Å². The highest BCUT2D eigenvalue weighted by molar-refractivity contribution is 7.89. The first-order chi connectivity index (χ1) is 11.8. The van der Waals surface area contributed by atoms with Crippen LogP contribution in [0.3, 0.4) is 0 Å². The van der Waals surface area contributed by atoms with Crippen LogP contribution in [0.5, 0.6) is 0 Å². The molecule has 142 valence electrons. The first kappa shape index (κ1) is 20.3. The molecule has 1 aromatic carbocycles. The molecule has 1 aliphatic heterocycles. The molecular formula is C16H27N3O4S2. The monoisotopic (exact) mass is 389 g/mol. The van der Waals surface area contributed by atoms with Gasteiger partial charge >= 0.3 is 0 Å². The van der Waals surface area contributed by atoms with E-state index in [9.17, 15) is 16.8 Å². The van der Waals surface area contributed by atoms with E-state index >= 15 is 0 Å². The summed E-state index contributed by atoms with van der Waals surface area (Å²) >= 11 is 0. The first-order valence-electron chi connectivity index (χ1n) is 8.60. The van der Waals surface area contributed by atoms with Crippen LogP contribution in [0.15, 0.2) is 35.2 Å². The molecule has 7 nitrogen and oxygen atoms in total. The maximum atomic E-state index is 12.2. The maximum Gasteiger partial charge on any atom is 0.240 e. The Hall–Kier alpha value is -1.00. The SMILES string of the molecule is CCCCS(=O)(=O)N1CCN(CCNS(=O)(=O)c2ccccc2)CC1. The zero-order valence-electron chi connectivity index (χ0n) is 14.6.